The third-order valence-electron chi connectivity index (χ3n) is 4.30. The third kappa shape index (κ3) is 7.43. The Morgan fingerprint density at radius 2 is 1.85 bits per heavy atom. The van der Waals surface area contributed by atoms with E-state index in [2.05, 4.69) is 10.1 Å². The summed E-state index contributed by atoms with van der Waals surface area (Å²) in [6.07, 6.45) is -3.23. The fourth-order valence-electron chi connectivity index (χ4n) is 3.00. The SMILES string of the molecule is CN(CC(=O)O)C1CCN(CC(=O)Nc2ccc(OC(F)(F)F)cc2)CC1. The van der Waals surface area contributed by atoms with Crippen molar-refractivity contribution in [2.75, 3.05) is 38.5 Å². The normalized spacial score (nSPS) is 16.3. The summed E-state index contributed by atoms with van der Waals surface area (Å²) in [4.78, 5) is 26.6. The van der Waals surface area contributed by atoms with E-state index in [1.54, 1.807) is 11.9 Å². The Labute approximate surface area is 154 Å². The van der Waals surface area contributed by atoms with Gasteiger partial charge in [0.2, 0.25) is 5.91 Å². The number of nitrogens with one attached hydrogen (secondary N) is 1. The molecule has 2 rings (SSSR count). The molecule has 0 bridgehead atoms. The standard InChI is InChI=1S/C17H22F3N3O4/c1-22(11-16(25)26)13-6-8-23(9-7-13)10-15(24)21-12-2-4-14(5-3-12)27-17(18,19)20/h2-5,13H,6-11H2,1H3,(H,21,24)(H,25,26). The number of hydrogen-bond acceptors (Lipinski definition) is 5. The van der Waals surface area contributed by atoms with Crippen LogP contribution in [-0.4, -0.2) is 72.4 Å². The van der Waals surface area contributed by atoms with Crippen LogP contribution in [-0.2, 0) is 9.59 Å². The molecule has 2 N–H and O–H groups in total. The molecule has 1 amide bonds. The van der Waals surface area contributed by atoms with Gasteiger partial charge in [0.1, 0.15) is 5.75 Å². The van der Waals surface area contributed by atoms with Gasteiger partial charge in [-0.25, -0.2) is 0 Å². The van der Waals surface area contributed by atoms with E-state index in [9.17, 15) is 22.8 Å². The third-order valence-corrected chi connectivity index (χ3v) is 4.30. The van der Waals surface area contributed by atoms with Crippen molar-refractivity contribution in [3.63, 3.8) is 0 Å². The average molecular weight is 389 g/mol. The Balaban J connectivity index is 1.76. The Hall–Kier alpha value is -2.33. The largest absolute Gasteiger partial charge is 0.573 e. The number of rotatable bonds is 7. The van der Waals surface area contributed by atoms with Crippen LogP contribution < -0.4 is 10.1 Å². The number of carbonyl (C=O) groups excluding carboxylic acids is 1. The molecule has 0 aromatic heterocycles. The summed E-state index contributed by atoms with van der Waals surface area (Å²) in [7, 11) is 1.77. The van der Waals surface area contributed by atoms with Crippen LogP contribution in [0, 0.1) is 0 Å². The summed E-state index contributed by atoms with van der Waals surface area (Å²) < 4.78 is 40.1. The molecule has 27 heavy (non-hydrogen) atoms. The van der Waals surface area contributed by atoms with Gasteiger partial charge in [-0.1, -0.05) is 0 Å². The highest BCUT2D eigenvalue weighted by atomic mass is 19.4. The number of nitrogens with zero attached hydrogens (tertiary/aromatic N) is 2. The second-order valence-electron chi connectivity index (χ2n) is 6.44. The molecule has 1 aliphatic heterocycles. The van der Waals surface area contributed by atoms with Crippen molar-refractivity contribution in [1.82, 2.24) is 9.80 Å². The number of carbonyl (C=O) groups is 2. The van der Waals surface area contributed by atoms with E-state index in [4.69, 9.17) is 5.11 Å². The molecule has 1 aromatic rings. The van der Waals surface area contributed by atoms with Crippen molar-refractivity contribution < 1.29 is 32.6 Å². The molecule has 0 unspecified atom stereocenters. The first-order chi connectivity index (χ1) is 12.6. The number of halogens is 3. The van der Waals surface area contributed by atoms with Crippen LogP contribution in [0.3, 0.4) is 0 Å². The highest BCUT2D eigenvalue weighted by Gasteiger charge is 2.31. The maximum Gasteiger partial charge on any atom is 0.573 e. The number of carboxylic acids is 1. The lowest BCUT2D eigenvalue weighted by atomic mass is 10.0. The first-order valence-electron chi connectivity index (χ1n) is 8.42. The molecule has 1 aromatic carbocycles. The number of likely N-dealkylation sites (N-methyl/N-ethyl adjacent to an activating group) is 1. The van der Waals surface area contributed by atoms with Crippen LogP contribution in [0.2, 0.25) is 0 Å². The molecule has 1 fully saturated rings. The Morgan fingerprint density at radius 3 is 2.37 bits per heavy atom. The van der Waals surface area contributed by atoms with Crippen molar-refractivity contribution in [1.29, 1.82) is 0 Å². The minimum absolute atomic E-state index is 0.0147. The van der Waals surface area contributed by atoms with E-state index >= 15 is 0 Å². The van der Waals surface area contributed by atoms with Gasteiger partial charge in [0.25, 0.3) is 0 Å². The van der Waals surface area contributed by atoms with Crippen molar-refractivity contribution in [2.24, 2.45) is 0 Å². The molecule has 10 heteroatoms. The first kappa shape index (κ1) is 21.0. The van der Waals surface area contributed by atoms with Crippen LogP contribution in [0.1, 0.15) is 12.8 Å². The van der Waals surface area contributed by atoms with Crippen LogP contribution in [0.4, 0.5) is 18.9 Å². The van der Waals surface area contributed by atoms with Gasteiger partial charge in [-0.3, -0.25) is 19.4 Å². The quantitative estimate of drug-likeness (QED) is 0.743. The minimum atomic E-state index is -4.75. The van der Waals surface area contributed by atoms with E-state index in [1.807, 2.05) is 4.90 Å². The molecule has 1 aliphatic rings. The van der Waals surface area contributed by atoms with Gasteiger partial charge in [0, 0.05) is 24.8 Å². The smallest absolute Gasteiger partial charge is 0.480 e. The molecule has 0 radical (unpaired) electrons. The van der Waals surface area contributed by atoms with Crippen molar-refractivity contribution in [3.05, 3.63) is 24.3 Å². The Kier molecular flexibility index (Phi) is 7.03. The second kappa shape index (κ2) is 9.05. The molecule has 0 aliphatic carbocycles. The lowest BCUT2D eigenvalue weighted by molar-refractivity contribution is -0.274. The fraction of sp³-hybridized carbons (Fsp3) is 0.529. The highest BCUT2D eigenvalue weighted by Crippen LogP contribution is 2.24. The molecular weight excluding hydrogens is 367 g/mol. The molecule has 7 nitrogen and oxygen atoms in total. The number of anilines is 1. The minimum Gasteiger partial charge on any atom is -0.480 e. The number of ether oxygens (including phenoxy) is 1. The number of carboxylic acid groups (broad SMARTS) is 1. The van der Waals surface area contributed by atoms with Gasteiger partial charge < -0.3 is 15.2 Å². The zero-order valence-electron chi connectivity index (χ0n) is 14.8. The average Bonchev–Trinajstić information content (AvgIpc) is 2.55. The fourth-order valence-corrected chi connectivity index (χ4v) is 3.00. The second-order valence-corrected chi connectivity index (χ2v) is 6.44. The summed E-state index contributed by atoms with van der Waals surface area (Å²) in [5, 5.41) is 11.5. The zero-order valence-corrected chi connectivity index (χ0v) is 14.8. The molecule has 0 spiro atoms. The monoisotopic (exact) mass is 389 g/mol. The van der Waals surface area contributed by atoms with E-state index < -0.39 is 12.3 Å². The summed E-state index contributed by atoms with van der Waals surface area (Å²) in [5.74, 6) is -1.49. The van der Waals surface area contributed by atoms with Crippen LogP contribution in [0.25, 0.3) is 0 Å². The van der Waals surface area contributed by atoms with Crippen LogP contribution in [0.5, 0.6) is 5.75 Å². The summed E-state index contributed by atoms with van der Waals surface area (Å²) in [6, 6.07) is 5.11. The topological polar surface area (TPSA) is 82.1 Å². The highest BCUT2D eigenvalue weighted by molar-refractivity contribution is 5.92. The molecule has 1 heterocycles. The predicted octanol–water partition coefficient (Wildman–Crippen LogP) is 2.00. The Bertz CT molecular complexity index is 644. The Morgan fingerprint density at radius 1 is 1.26 bits per heavy atom. The number of amides is 1. The molecule has 0 atom stereocenters. The number of aliphatic carboxylic acids is 1. The van der Waals surface area contributed by atoms with Gasteiger partial charge in [-0.15, -0.1) is 13.2 Å². The van der Waals surface area contributed by atoms with Crippen molar-refractivity contribution >= 4 is 17.6 Å². The number of benzene rings is 1. The van der Waals surface area contributed by atoms with Gasteiger partial charge in [0.15, 0.2) is 0 Å². The van der Waals surface area contributed by atoms with Crippen molar-refractivity contribution in [2.45, 2.75) is 25.2 Å². The number of hydrogen-bond donors (Lipinski definition) is 2. The first-order valence-corrected chi connectivity index (χ1v) is 8.42. The van der Waals surface area contributed by atoms with Gasteiger partial charge in [-0.2, -0.15) is 0 Å². The molecule has 1 saturated heterocycles. The maximum atomic E-state index is 12.1. The zero-order chi connectivity index (χ0) is 20.0. The lowest BCUT2D eigenvalue weighted by Crippen LogP contribution is -2.46. The predicted molar refractivity (Wildman–Crippen MR) is 91.5 cm³/mol. The number of alkyl halides is 3. The van der Waals surface area contributed by atoms with E-state index in [1.165, 1.54) is 12.1 Å². The molecule has 0 saturated carbocycles. The van der Waals surface area contributed by atoms with Crippen LogP contribution in [0.15, 0.2) is 24.3 Å². The summed E-state index contributed by atoms with van der Waals surface area (Å²) >= 11 is 0. The molecule has 150 valence electrons. The molecular formula is C17H22F3N3O4. The van der Waals surface area contributed by atoms with E-state index in [0.29, 0.717) is 18.8 Å². The van der Waals surface area contributed by atoms with Gasteiger partial charge in [-0.05, 0) is 44.2 Å². The summed E-state index contributed by atoms with van der Waals surface area (Å²) in [6.45, 7) is 1.48. The van der Waals surface area contributed by atoms with Crippen LogP contribution >= 0.6 is 0 Å². The number of piperidine rings is 1. The van der Waals surface area contributed by atoms with Crippen molar-refractivity contribution in [3.8, 4) is 5.75 Å². The summed E-state index contributed by atoms with van der Waals surface area (Å²) in [5.41, 5.74) is 0.380. The number of likely N-dealkylation sites (tertiary alicyclic amines) is 1. The van der Waals surface area contributed by atoms with Gasteiger partial charge in [0.05, 0.1) is 13.1 Å². The van der Waals surface area contributed by atoms with Gasteiger partial charge >= 0.3 is 12.3 Å². The maximum absolute atomic E-state index is 12.1. The lowest BCUT2D eigenvalue weighted by Gasteiger charge is -2.35. The van der Waals surface area contributed by atoms with E-state index in [0.717, 1.165) is 25.0 Å². The van der Waals surface area contributed by atoms with E-state index in [-0.39, 0.29) is 30.8 Å².